The van der Waals surface area contributed by atoms with Crippen LogP contribution in [-0.2, 0) is 0 Å². The van der Waals surface area contributed by atoms with E-state index >= 15 is 0 Å². The molecule has 0 saturated heterocycles. The van der Waals surface area contributed by atoms with Crippen LogP contribution in [0.4, 0.5) is 0 Å². The number of aliphatic hydroxyl groups is 1. The molecule has 0 heterocycles. The minimum Gasteiger partial charge on any atom is -0.390 e. The van der Waals surface area contributed by atoms with Gasteiger partial charge < -0.3 is 5.11 Å². The van der Waals surface area contributed by atoms with Crippen molar-refractivity contribution in [2.45, 2.75) is 46.6 Å². The first-order valence-electron chi connectivity index (χ1n) is 4.05. The molecule has 1 heteroatoms. The predicted molar refractivity (Wildman–Crippen MR) is 44.9 cm³/mol. The number of rotatable bonds is 3. The largest absolute Gasteiger partial charge is 0.390 e. The zero-order valence-electron chi connectivity index (χ0n) is 7.81. The maximum atomic E-state index is 9.44. The minimum absolute atomic E-state index is 0.496. The van der Waals surface area contributed by atoms with Gasteiger partial charge in [-0.2, -0.15) is 0 Å². The first-order valence-corrected chi connectivity index (χ1v) is 4.05. The molecule has 1 N–H and O–H groups in total. The van der Waals surface area contributed by atoms with Crippen LogP contribution in [0.15, 0.2) is 0 Å². The fourth-order valence-corrected chi connectivity index (χ4v) is 1.02. The SMILES string of the molecule is CC(C)C(C)CC(C)(C)O. The molecule has 0 aromatic carbocycles. The highest BCUT2D eigenvalue weighted by Gasteiger charge is 2.18. The summed E-state index contributed by atoms with van der Waals surface area (Å²) in [6.45, 7) is 10.3. The summed E-state index contributed by atoms with van der Waals surface area (Å²) in [5.74, 6) is 1.28. The summed E-state index contributed by atoms with van der Waals surface area (Å²) >= 11 is 0. The average molecular weight is 144 g/mol. The third-order valence-electron chi connectivity index (χ3n) is 1.96. The van der Waals surface area contributed by atoms with Gasteiger partial charge >= 0.3 is 0 Å². The van der Waals surface area contributed by atoms with Crippen LogP contribution in [0.2, 0.25) is 0 Å². The lowest BCUT2D eigenvalue weighted by molar-refractivity contribution is 0.0478. The van der Waals surface area contributed by atoms with Crippen LogP contribution >= 0.6 is 0 Å². The van der Waals surface area contributed by atoms with Gasteiger partial charge in [-0.3, -0.25) is 0 Å². The third kappa shape index (κ3) is 4.80. The molecule has 10 heavy (non-hydrogen) atoms. The van der Waals surface area contributed by atoms with Crippen LogP contribution in [-0.4, -0.2) is 10.7 Å². The summed E-state index contributed by atoms with van der Waals surface area (Å²) in [4.78, 5) is 0. The van der Waals surface area contributed by atoms with Crippen molar-refractivity contribution in [1.29, 1.82) is 0 Å². The highest BCUT2D eigenvalue weighted by atomic mass is 16.3. The maximum Gasteiger partial charge on any atom is 0.0594 e. The highest BCUT2D eigenvalue weighted by molar-refractivity contribution is 4.70. The summed E-state index contributed by atoms with van der Waals surface area (Å²) < 4.78 is 0. The zero-order chi connectivity index (χ0) is 8.36. The van der Waals surface area contributed by atoms with Crippen molar-refractivity contribution in [1.82, 2.24) is 0 Å². The van der Waals surface area contributed by atoms with E-state index in [4.69, 9.17) is 0 Å². The van der Waals surface area contributed by atoms with Gasteiger partial charge in [0.15, 0.2) is 0 Å². The maximum absolute atomic E-state index is 9.44. The van der Waals surface area contributed by atoms with Crippen molar-refractivity contribution >= 4 is 0 Å². The first-order chi connectivity index (χ1) is 4.33. The van der Waals surface area contributed by atoms with Crippen LogP contribution in [0.25, 0.3) is 0 Å². The van der Waals surface area contributed by atoms with Gasteiger partial charge in [0.2, 0.25) is 0 Å². The molecule has 62 valence electrons. The molecule has 1 unspecified atom stereocenters. The van der Waals surface area contributed by atoms with Gasteiger partial charge in [0.25, 0.3) is 0 Å². The minimum atomic E-state index is -0.496. The molecule has 0 amide bonds. The molecule has 0 aliphatic heterocycles. The Morgan fingerprint density at radius 2 is 1.60 bits per heavy atom. The zero-order valence-corrected chi connectivity index (χ0v) is 7.81. The lowest BCUT2D eigenvalue weighted by Crippen LogP contribution is -2.24. The topological polar surface area (TPSA) is 20.2 Å². The Kier molecular flexibility index (Phi) is 3.37. The standard InChI is InChI=1S/C9H20O/c1-7(2)8(3)6-9(4,5)10/h7-8,10H,6H2,1-5H3. The Balaban J connectivity index is 3.68. The summed E-state index contributed by atoms with van der Waals surface area (Å²) in [5, 5.41) is 9.44. The van der Waals surface area contributed by atoms with Gasteiger partial charge in [0, 0.05) is 0 Å². The van der Waals surface area contributed by atoms with Crippen molar-refractivity contribution < 1.29 is 5.11 Å². The van der Waals surface area contributed by atoms with Crippen molar-refractivity contribution in [3.63, 3.8) is 0 Å². The molecule has 1 atom stereocenters. The fourth-order valence-electron chi connectivity index (χ4n) is 1.02. The number of hydrogen-bond acceptors (Lipinski definition) is 1. The van der Waals surface area contributed by atoms with E-state index in [1.54, 1.807) is 0 Å². The fraction of sp³-hybridized carbons (Fsp3) is 1.00. The first kappa shape index (κ1) is 9.96. The second-order valence-corrected chi connectivity index (χ2v) is 4.24. The molecule has 0 aliphatic rings. The van der Waals surface area contributed by atoms with Gasteiger partial charge in [0.1, 0.15) is 0 Å². The Hall–Kier alpha value is -0.0400. The van der Waals surface area contributed by atoms with Gasteiger partial charge in [0.05, 0.1) is 5.60 Å². The monoisotopic (exact) mass is 144 g/mol. The van der Waals surface area contributed by atoms with Crippen LogP contribution in [0.5, 0.6) is 0 Å². The quantitative estimate of drug-likeness (QED) is 0.645. The Morgan fingerprint density at radius 1 is 1.20 bits per heavy atom. The van der Waals surface area contributed by atoms with Crippen LogP contribution in [0.1, 0.15) is 41.0 Å². The summed E-state index contributed by atoms with van der Waals surface area (Å²) in [6, 6.07) is 0. The number of hydrogen-bond donors (Lipinski definition) is 1. The molecular formula is C9H20O. The Labute approximate surface area is 64.5 Å². The average Bonchev–Trinajstić information content (AvgIpc) is 1.60. The summed E-state index contributed by atoms with van der Waals surface area (Å²) in [6.07, 6.45) is 0.894. The summed E-state index contributed by atoms with van der Waals surface area (Å²) in [5.41, 5.74) is -0.496. The summed E-state index contributed by atoms with van der Waals surface area (Å²) in [7, 11) is 0. The van der Waals surface area contributed by atoms with Crippen LogP contribution in [0.3, 0.4) is 0 Å². The Morgan fingerprint density at radius 3 is 1.70 bits per heavy atom. The van der Waals surface area contributed by atoms with E-state index < -0.39 is 5.60 Å². The van der Waals surface area contributed by atoms with E-state index in [1.807, 2.05) is 13.8 Å². The normalized spacial score (nSPS) is 15.9. The second-order valence-electron chi connectivity index (χ2n) is 4.24. The van der Waals surface area contributed by atoms with Crippen LogP contribution < -0.4 is 0 Å². The van der Waals surface area contributed by atoms with E-state index in [-0.39, 0.29) is 0 Å². The molecule has 0 rings (SSSR count). The highest BCUT2D eigenvalue weighted by Crippen LogP contribution is 2.21. The van der Waals surface area contributed by atoms with Gasteiger partial charge in [-0.15, -0.1) is 0 Å². The van der Waals surface area contributed by atoms with E-state index in [2.05, 4.69) is 20.8 Å². The molecule has 1 nitrogen and oxygen atoms in total. The predicted octanol–water partition coefficient (Wildman–Crippen LogP) is 2.44. The second kappa shape index (κ2) is 3.38. The van der Waals surface area contributed by atoms with E-state index in [0.29, 0.717) is 11.8 Å². The molecule has 0 saturated carbocycles. The van der Waals surface area contributed by atoms with Crippen LogP contribution in [0, 0.1) is 11.8 Å². The van der Waals surface area contributed by atoms with Gasteiger partial charge in [-0.1, -0.05) is 20.8 Å². The lowest BCUT2D eigenvalue weighted by Gasteiger charge is -2.24. The third-order valence-corrected chi connectivity index (χ3v) is 1.96. The molecule has 0 fully saturated rings. The van der Waals surface area contributed by atoms with Gasteiger partial charge in [-0.25, -0.2) is 0 Å². The van der Waals surface area contributed by atoms with E-state index in [1.165, 1.54) is 0 Å². The molecule has 0 spiro atoms. The van der Waals surface area contributed by atoms with Crippen molar-refractivity contribution in [2.75, 3.05) is 0 Å². The molecule has 0 aliphatic carbocycles. The molecule has 0 bridgehead atoms. The molecular weight excluding hydrogens is 124 g/mol. The van der Waals surface area contributed by atoms with Crippen molar-refractivity contribution in [2.24, 2.45) is 11.8 Å². The van der Waals surface area contributed by atoms with Crippen molar-refractivity contribution in [3.05, 3.63) is 0 Å². The molecule has 0 aromatic rings. The smallest absolute Gasteiger partial charge is 0.0594 e. The van der Waals surface area contributed by atoms with Crippen molar-refractivity contribution in [3.8, 4) is 0 Å². The lowest BCUT2D eigenvalue weighted by atomic mass is 9.87. The Bertz CT molecular complexity index is 89.4. The molecule has 0 aromatic heterocycles. The van der Waals surface area contributed by atoms with E-state index in [9.17, 15) is 5.11 Å². The molecule has 0 radical (unpaired) electrons. The van der Waals surface area contributed by atoms with Gasteiger partial charge in [-0.05, 0) is 32.1 Å². The van der Waals surface area contributed by atoms with E-state index in [0.717, 1.165) is 6.42 Å².